The maximum atomic E-state index is 12.1. The van der Waals surface area contributed by atoms with Gasteiger partial charge in [0.25, 0.3) is 5.91 Å². The summed E-state index contributed by atoms with van der Waals surface area (Å²) in [5.41, 5.74) is 1.87. The SMILES string of the molecule is CCNC(=NCC(CC(C)C)N(C)C)NCCc1cccc(C(=O)N(C)C)c1.I. The molecule has 7 heteroatoms. The molecular formula is C22H40IN5O. The van der Waals surface area contributed by atoms with Gasteiger partial charge in [0.05, 0.1) is 6.54 Å². The number of halogens is 1. The molecule has 0 saturated carbocycles. The second-order valence-corrected chi connectivity index (χ2v) is 8.04. The number of hydrogen-bond acceptors (Lipinski definition) is 3. The Hall–Kier alpha value is -1.35. The number of nitrogens with one attached hydrogen (secondary N) is 2. The summed E-state index contributed by atoms with van der Waals surface area (Å²) in [6, 6.07) is 8.27. The number of nitrogens with zero attached hydrogens (tertiary/aromatic N) is 3. The van der Waals surface area contributed by atoms with Gasteiger partial charge in [-0.1, -0.05) is 26.0 Å². The Bertz CT molecular complexity index is 631. The molecule has 0 spiro atoms. The van der Waals surface area contributed by atoms with E-state index in [4.69, 9.17) is 4.99 Å². The minimum absolute atomic E-state index is 0. The molecular weight excluding hydrogens is 477 g/mol. The highest BCUT2D eigenvalue weighted by molar-refractivity contribution is 14.0. The fourth-order valence-corrected chi connectivity index (χ4v) is 2.97. The molecule has 0 aliphatic rings. The van der Waals surface area contributed by atoms with Crippen LogP contribution in [0, 0.1) is 5.92 Å². The molecule has 1 aromatic rings. The monoisotopic (exact) mass is 517 g/mol. The molecule has 1 unspecified atom stereocenters. The molecule has 2 N–H and O–H groups in total. The van der Waals surface area contributed by atoms with Crippen LogP contribution in [0.4, 0.5) is 0 Å². The van der Waals surface area contributed by atoms with E-state index in [1.54, 1.807) is 19.0 Å². The van der Waals surface area contributed by atoms with E-state index >= 15 is 0 Å². The van der Waals surface area contributed by atoms with Gasteiger partial charge in [-0.05, 0) is 57.5 Å². The zero-order chi connectivity index (χ0) is 21.1. The molecule has 0 bridgehead atoms. The molecule has 0 fully saturated rings. The van der Waals surface area contributed by atoms with E-state index in [2.05, 4.69) is 56.5 Å². The topological polar surface area (TPSA) is 60.0 Å². The van der Waals surface area contributed by atoms with E-state index in [0.29, 0.717) is 12.0 Å². The number of likely N-dealkylation sites (N-methyl/N-ethyl adjacent to an activating group) is 1. The number of rotatable bonds is 10. The number of benzene rings is 1. The van der Waals surface area contributed by atoms with E-state index in [1.807, 2.05) is 18.2 Å². The number of hydrogen-bond donors (Lipinski definition) is 2. The third kappa shape index (κ3) is 10.8. The number of amides is 1. The van der Waals surface area contributed by atoms with Gasteiger partial charge in [0.1, 0.15) is 0 Å². The summed E-state index contributed by atoms with van der Waals surface area (Å²) < 4.78 is 0. The molecule has 29 heavy (non-hydrogen) atoms. The van der Waals surface area contributed by atoms with Gasteiger partial charge in [0, 0.05) is 38.8 Å². The van der Waals surface area contributed by atoms with Crippen LogP contribution in [0.2, 0.25) is 0 Å². The van der Waals surface area contributed by atoms with Gasteiger partial charge in [-0.2, -0.15) is 0 Å². The lowest BCUT2D eigenvalue weighted by Gasteiger charge is -2.24. The number of guanidine groups is 1. The lowest BCUT2D eigenvalue weighted by atomic mass is 10.0. The van der Waals surface area contributed by atoms with Gasteiger partial charge in [0.15, 0.2) is 5.96 Å². The number of carbonyl (C=O) groups is 1. The number of aliphatic imine (C=N–C) groups is 1. The average Bonchev–Trinajstić information content (AvgIpc) is 2.64. The third-order valence-electron chi connectivity index (χ3n) is 4.56. The Morgan fingerprint density at radius 3 is 2.38 bits per heavy atom. The molecule has 0 radical (unpaired) electrons. The van der Waals surface area contributed by atoms with Crippen molar-refractivity contribution < 1.29 is 4.79 Å². The Labute approximate surface area is 194 Å². The zero-order valence-electron chi connectivity index (χ0n) is 19.2. The van der Waals surface area contributed by atoms with Crippen LogP contribution in [0.25, 0.3) is 0 Å². The van der Waals surface area contributed by atoms with Crippen LogP contribution in [-0.4, -0.2) is 75.5 Å². The smallest absolute Gasteiger partial charge is 0.253 e. The Kier molecular flexibility index (Phi) is 13.9. The van der Waals surface area contributed by atoms with Crippen LogP contribution < -0.4 is 10.6 Å². The molecule has 0 aromatic heterocycles. The van der Waals surface area contributed by atoms with E-state index < -0.39 is 0 Å². The molecule has 6 nitrogen and oxygen atoms in total. The van der Waals surface area contributed by atoms with Gasteiger partial charge in [-0.15, -0.1) is 24.0 Å². The first kappa shape index (κ1) is 27.6. The van der Waals surface area contributed by atoms with Crippen molar-refractivity contribution in [1.29, 1.82) is 0 Å². The van der Waals surface area contributed by atoms with Crippen molar-refractivity contribution >= 4 is 35.8 Å². The van der Waals surface area contributed by atoms with Gasteiger partial charge in [-0.25, -0.2) is 0 Å². The molecule has 1 amide bonds. The van der Waals surface area contributed by atoms with Crippen LogP contribution in [0.1, 0.15) is 43.1 Å². The summed E-state index contributed by atoms with van der Waals surface area (Å²) in [5, 5.41) is 6.73. The predicted molar refractivity (Wildman–Crippen MR) is 134 cm³/mol. The van der Waals surface area contributed by atoms with Crippen molar-refractivity contribution in [2.24, 2.45) is 10.9 Å². The molecule has 0 aliphatic heterocycles. The van der Waals surface area contributed by atoms with Crippen molar-refractivity contribution in [3.8, 4) is 0 Å². The fraction of sp³-hybridized carbons (Fsp3) is 0.636. The first-order valence-corrected chi connectivity index (χ1v) is 10.2. The summed E-state index contributed by atoms with van der Waals surface area (Å²) in [6.07, 6.45) is 1.96. The minimum atomic E-state index is 0. The van der Waals surface area contributed by atoms with Gasteiger partial charge in [0.2, 0.25) is 0 Å². The predicted octanol–water partition coefficient (Wildman–Crippen LogP) is 3.08. The molecule has 1 rings (SSSR count). The molecule has 166 valence electrons. The first-order chi connectivity index (χ1) is 13.2. The van der Waals surface area contributed by atoms with Crippen LogP contribution in [0.5, 0.6) is 0 Å². The lowest BCUT2D eigenvalue weighted by molar-refractivity contribution is 0.0827. The largest absolute Gasteiger partial charge is 0.357 e. The highest BCUT2D eigenvalue weighted by Gasteiger charge is 2.13. The van der Waals surface area contributed by atoms with E-state index in [-0.39, 0.29) is 29.9 Å². The minimum Gasteiger partial charge on any atom is -0.357 e. The maximum absolute atomic E-state index is 12.1. The summed E-state index contributed by atoms with van der Waals surface area (Å²) in [6.45, 7) is 8.94. The van der Waals surface area contributed by atoms with Gasteiger partial charge >= 0.3 is 0 Å². The van der Waals surface area contributed by atoms with Crippen molar-refractivity contribution in [3.63, 3.8) is 0 Å². The lowest BCUT2D eigenvalue weighted by Crippen LogP contribution is -2.40. The third-order valence-corrected chi connectivity index (χ3v) is 4.56. The fourth-order valence-electron chi connectivity index (χ4n) is 2.97. The van der Waals surface area contributed by atoms with Gasteiger partial charge < -0.3 is 20.4 Å². The van der Waals surface area contributed by atoms with Gasteiger partial charge in [-0.3, -0.25) is 9.79 Å². The maximum Gasteiger partial charge on any atom is 0.253 e. The summed E-state index contributed by atoms with van der Waals surface area (Å²) >= 11 is 0. The molecule has 0 saturated heterocycles. The average molecular weight is 518 g/mol. The zero-order valence-corrected chi connectivity index (χ0v) is 21.5. The Morgan fingerprint density at radius 1 is 1.14 bits per heavy atom. The summed E-state index contributed by atoms with van der Waals surface area (Å²) in [7, 11) is 7.78. The van der Waals surface area contributed by atoms with Crippen molar-refractivity contribution in [2.75, 3.05) is 47.8 Å². The Morgan fingerprint density at radius 2 is 1.83 bits per heavy atom. The first-order valence-electron chi connectivity index (χ1n) is 10.2. The van der Waals surface area contributed by atoms with Crippen molar-refractivity contribution in [1.82, 2.24) is 20.4 Å². The standard InChI is InChI=1S/C22H39N5O.HI/c1-8-23-22(25-16-20(26(4)5)14-17(2)3)24-13-12-18-10-9-11-19(15-18)21(28)27(6)7;/h9-11,15,17,20H,8,12-14,16H2,1-7H3,(H2,23,24,25);1H. The quantitative estimate of drug-likeness (QED) is 0.285. The molecule has 1 aromatic carbocycles. The second kappa shape index (κ2) is 14.6. The van der Waals surface area contributed by atoms with E-state index in [1.165, 1.54) is 0 Å². The van der Waals surface area contributed by atoms with Crippen LogP contribution in [0.3, 0.4) is 0 Å². The van der Waals surface area contributed by atoms with E-state index in [9.17, 15) is 4.79 Å². The number of carbonyl (C=O) groups excluding carboxylic acids is 1. The Balaban J connectivity index is 0.00000784. The van der Waals surface area contributed by atoms with Crippen molar-refractivity contribution in [2.45, 2.75) is 39.7 Å². The highest BCUT2D eigenvalue weighted by Crippen LogP contribution is 2.10. The molecule has 0 heterocycles. The van der Waals surface area contributed by atoms with Crippen molar-refractivity contribution in [3.05, 3.63) is 35.4 Å². The normalized spacial score (nSPS) is 12.5. The van der Waals surface area contributed by atoms with Crippen LogP contribution in [0.15, 0.2) is 29.3 Å². The molecule has 1 atom stereocenters. The van der Waals surface area contributed by atoms with Crippen LogP contribution >= 0.6 is 24.0 Å². The summed E-state index contributed by atoms with van der Waals surface area (Å²) in [4.78, 5) is 20.8. The second-order valence-electron chi connectivity index (χ2n) is 8.04. The molecule has 0 aliphatic carbocycles. The van der Waals surface area contributed by atoms with E-state index in [0.717, 1.165) is 49.6 Å². The highest BCUT2D eigenvalue weighted by atomic mass is 127. The van der Waals surface area contributed by atoms with Crippen LogP contribution in [-0.2, 0) is 6.42 Å². The summed E-state index contributed by atoms with van der Waals surface area (Å²) in [5.74, 6) is 1.53.